The third kappa shape index (κ3) is 5.41. The van der Waals surface area contributed by atoms with E-state index in [4.69, 9.17) is 14.7 Å². The van der Waals surface area contributed by atoms with Crippen LogP contribution in [0.5, 0.6) is 5.75 Å². The minimum Gasteiger partial charge on any atom is -0.497 e. The van der Waals surface area contributed by atoms with Crippen molar-refractivity contribution < 1.29 is 9.53 Å². The molecular weight excluding hydrogens is 406 g/mol. The maximum absolute atomic E-state index is 12.5. The molecule has 1 heterocycles. The van der Waals surface area contributed by atoms with Gasteiger partial charge in [0.15, 0.2) is 0 Å². The van der Waals surface area contributed by atoms with Gasteiger partial charge in [-0.3, -0.25) is 9.79 Å². The first-order valence-electron chi connectivity index (χ1n) is 9.98. The van der Waals surface area contributed by atoms with Crippen molar-refractivity contribution in [3.63, 3.8) is 0 Å². The molecule has 4 rings (SSSR count). The summed E-state index contributed by atoms with van der Waals surface area (Å²) in [5.74, 6) is 0.998. The van der Waals surface area contributed by atoms with Gasteiger partial charge >= 0.3 is 0 Å². The van der Waals surface area contributed by atoms with Crippen molar-refractivity contribution in [1.29, 1.82) is 0 Å². The molecule has 3 aromatic rings. The van der Waals surface area contributed by atoms with Crippen molar-refractivity contribution in [1.82, 2.24) is 0 Å². The van der Waals surface area contributed by atoms with E-state index in [9.17, 15) is 4.79 Å². The van der Waals surface area contributed by atoms with Crippen LogP contribution in [0.2, 0.25) is 0 Å². The van der Waals surface area contributed by atoms with Crippen LogP contribution < -0.4 is 10.1 Å². The minimum atomic E-state index is -0.0595. The van der Waals surface area contributed by atoms with E-state index in [1.54, 1.807) is 7.11 Å². The summed E-state index contributed by atoms with van der Waals surface area (Å²) in [4.78, 5) is 22.2. The third-order valence-corrected chi connectivity index (χ3v) is 5.75. The number of thioether (sulfide) groups is 1. The number of fused-ring (bicyclic) bond motifs is 1. The van der Waals surface area contributed by atoms with Gasteiger partial charge in [0.25, 0.3) is 0 Å². The number of anilines is 1. The molecule has 0 spiro atoms. The first kappa shape index (κ1) is 20.9. The van der Waals surface area contributed by atoms with Gasteiger partial charge in [-0.05, 0) is 48.9 Å². The molecule has 0 unspecified atom stereocenters. The summed E-state index contributed by atoms with van der Waals surface area (Å²) < 4.78 is 5.37. The van der Waals surface area contributed by atoms with Crippen molar-refractivity contribution in [2.45, 2.75) is 13.3 Å². The lowest BCUT2D eigenvalue weighted by Crippen LogP contribution is -2.16. The van der Waals surface area contributed by atoms with Crippen LogP contribution >= 0.6 is 11.8 Å². The Morgan fingerprint density at radius 1 is 1.00 bits per heavy atom. The van der Waals surface area contributed by atoms with E-state index in [2.05, 4.69) is 5.32 Å². The number of carbonyl (C=O) groups excluding carboxylic acids is 1. The standard InChI is InChI=1S/C25H23N3O2S/c1-17-7-5-9-19(13-17)26-24(29)16-31-25-15-23(18-8-6-10-20(14-18)30-2)27-21-11-3-4-12-22(21)28-25/h3-14H,15-16H2,1-2H3,(H,26,29). The number of benzene rings is 3. The second kappa shape index (κ2) is 9.62. The van der Waals surface area contributed by atoms with Crippen LogP contribution in [0.25, 0.3) is 0 Å². The molecule has 6 heteroatoms. The van der Waals surface area contributed by atoms with E-state index in [-0.39, 0.29) is 11.7 Å². The van der Waals surface area contributed by atoms with E-state index in [1.807, 2.05) is 79.7 Å². The smallest absolute Gasteiger partial charge is 0.234 e. The summed E-state index contributed by atoms with van der Waals surface area (Å²) in [7, 11) is 1.65. The van der Waals surface area contributed by atoms with Crippen molar-refractivity contribution >= 4 is 45.5 Å². The number of nitrogens with one attached hydrogen (secondary N) is 1. The molecule has 31 heavy (non-hydrogen) atoms. The van der Waals surface area contributed by atoms with Crippen molar-refractivity contribution in [3.05, 3.63) is 83.9 Å². The van der Waals surface area contributed by atoms with Gasteiger partial charge in [0, 0.05) is 17.7 Å². The van der Waals surface area contributed by atoms with Gasteiger partial charge in [0.05, 0.1) is 35.0 Å². The molecule has 1 aliphatic heterocycles. The zero-order chi connectivity index (χ0) is 21.6. The first-order chi connectivity index (χ1) is 15.1. The Morgan fingerprint density at radius 3 is 2.55 bits per heavy atom. The Labute approximate surface area is 186 Å². The highest BCUT2D eigenvalue weighted by Gasteiger charge is 2.17. The normalized spacial score (nSPS) is 12.8. The van der Waals surface area contributed by atoms with Gasteiger partial charge in [-0.15, -0.1) is 11.8 Å². The van der Waals surface area contributed by atoms with Gasteiger partial charge in [0.1, 0.15) is 5.75 Å². The number of carbonyl (C=O) groups is 1. The van der Waals surface area contributed by atoms with Gasteiger partial charge in [-0.25, -0.2) is 4.99 Å². The number of hydrogen-bond donors (Lipinski definition) is 1. The number of hydrogen-bond acceptors (Lipinski definition) is 5. The van der Waals surface area contributed by atoms with Crippen LogP contribution in [0.4, 0.5) is 17.1 Å². The summed E-state index contributed by atoms with van der Waals surface area (Å²) in [6, 6.07) is 23.4. The molecule has 1 amide bonds. The van der Waals surface area contributed by atoms with Crippen LogP contribution in [-0.4, -0.2) is 29.5 Å². The van der Waals surface area contributed by atoms with E-state index in [0.29, 0.717) is 6.42 Å². The lowest BCUT2D eigenvalue weighted by molar-refractivity contribution is -0.113. The van der Waals surface area contributed by atoms with Crippen molar-refractivity contribution in [2.75, 3.05) is 18.2 Å². The molecule has 156 valence electrons. The zero-order valence-corrected chi connectivity index (χ0v) is 18.3. The molecule has 3 aromatic carbocycles. The Hall–Kier alpha value is -3.38. The van der Waals surface area contributed by atoms with Gasteiger partial charge in [-0.1, -0.05) is 36.4 Å². The minimum absolute atomic E-state index is 0.0595. The molecule has 0 saturated carbocycles. The highest BCUT2D eigenvalue weighted by Crippen LogP contribution is 2.33. The highest BCUT2D eigenvalue weighted by atomic mass is 32.2. The highest BCUT2D eigenvalue weighted by molar-refractivity contribution is 8.14. The SMILES string of the molecule is COc1cccc(C2=Nc3ccccc3N=C(SCC(=O)Nc3cccc(C)c3)C2)c1. The molecule has 0 aliphatic carbocycles. The zero-order valence-electron chi connectivity index (χ0n) is 17.5. The fourth-order valence-electron chi connectivity index (χ4n) is 3.28. The van der Waals surface area contributed by atoms with Crippen LogP contribution in [0.1, 0.15) is 17.5 Å². The Bertz CT molecular complexity index is 1170. The molecule has 0 bridgehead atoms. The molecule has 0 atom stereocenters. The summed E-state index contributed by atoms with van der Waals surface area (Å²) in [6.07, 6.45) is 0.546. The number of ether oxygens (including phenoxy) is 1. The van der Waals surface area contributed by atoms with Gasteiger partial charge in [0.2, 0.25) is 5.91 Å². The van der Waals surface area contributed by atoms with Crippen LogP contribution in [0.15, 0.2) is 82.8 Å². The molecule has 1 aliphatic rings. The number of aryl methyl sites for hydroxylation is 1. The number of nitrogens with zero attached hydrogens (tertiary/aromatic N) is 2. The number of methoxy groups -OCH3 is 1. The number of aliphatic imine (C=N–C) groups is 2. The summed E-state index contributed by atoms with van der Waals surface area (Å²) >= 11 is 1.44. The molecule has 0 aromatic heterocycles. The third-order valence-electron chi connectivity index (χ3n) is 4.78. The van der Waals surface area contributed by atoms with E-state index < -0.39 is 0 Å². The Balaban J connectivity index is 1.54. The molecule has 0 radical (unpaired) electrons. The average Bonchev–Trinajstić information content (AvgIpc) is 2.97. The predicted molar refractivity (Wildman–Crippen MR) is 130 cm³/mol. The second-order valence-corrected chi connectivity index (χ2v) is 8.22. The fourth-order valence-corrected chi connectivity index (χ4v) is 4.05. The average molecular weight is 430 g/mol. The van der Waals surface area contributed by atoms with Crippen LogP contribution in [0.3, 0.4) is 0 Å². The lowest BCUT2D eigenvalue weighted by atomic mass is 10.1. The molecular formula is C25H23N3O2S. The molecule has 5 nitrogen and oxygen atoms in total. The fraction of sp³-hybridized carbons (Fsp3) is 0.160. The molecule has 0 fully saturated rings. The van der Waals surface area contributed by atoms with Gasteiger partial charge in [-0.2, -0.15) is 0 Å². The van der Waals surface area contributed by atoms with E-state index >= 15 is 0 Å². The summed E-state index contributed by atoms with van der Waals surface area (Å²) in [5.41, 5.74) is 5.41. The molecule has 1 N–H and O–H groups in total. The quantitative estimate of drug-likeness (QED) is 0.547. The lowest BCUT2D eigenvalue weighted by Gasteiger charge is -2.09. The van der Waals surface area contributed by atoms with Crippen LogP contribution in [-0.2, 0) is 4.79 Å². The van der Waals surface area contributed by atoms with E-state index in [1.165, 1.54) is 11.8 Å². The van der Waals surface area contributed by atoms with Crippen LogP contribution in [0, 0.1) is 6.92 Å². The maximum Gasteiger partial charge on any atom is 0.234 e. The largest absolute Gasteiger partial charge is 0.497 e. The van der Waals surface area contributed by atoms with Crippen molar-refractivity contribution in [3.8, 4) is 5.75 Å². The number of rotatable bonds is 5. The molecule has 0 saturated heterocycles. The Morgan fingerprint density at radius 2 is 1.77 bits per heavy atom. The monoisotopic (exact) mass is 429 g/mol. The summed E-state index contributed by atoms with van der Waals surface area (Å²) in [5, 5.41) is 3.81. The maximum atomic E-state index is 12.5. The Kier molecular flexibility index (Phi) is 6.48. The first-order valence-corrected chi connectivity index (χ1v) is 11.0. The number of para-hydroxylation sites is 2. The second-order valence-electron chi connectivity index (χ2n) is 7.17. The number of amides is 1. The van der Waals surface area contributed by atoms with Crippen molar-refractivity contribution in [2.24, 2.45) is 9.98 Å². The van der Waals surface area contributed by atoms with E-state index in [0.717, 1.165) is 44.7 Å². The predicted octanol–water partition coefficient (Wildman–Crippen LogP) is 5.93. The summed E-state index contributed by atoms with van der Waals surface area (Å²) in [6.45, 7) is 2.00. The van der Waals surface area contributed by atoms with Gasteiger partial charge < -0.3 is 10.1 Å². The topological polar surface area (TPSA) is 63.1 Å².